The average molecular weight is 277 g/mol. The highest BCUT2D eigenvalue weighted by atomic mass is 16.1. The molecule has 2 nitrogen and oxygen atoms in total. The van der Waals surface area contributed by atoms with Crippen LogP contribution in [0.2, 0.25) is 0 Å². The molecule has 2 aliphatic rings. The van der Waals surface area contributed by atoms with E-state index in [9.17, 15) is 4.79 Å². The minimum Gasteiger partial charge on any atom is -0.298 e. The summed E-state index contributed by atoms with van der Waals surface area (Å²) in [5, 5.41) is 0. The van der Waals surface area contributed by atoms with Gasteiger partial charge in [-0.25, -0.2) is 0 Å². The van der Waals surface area contributed by atoms with Crippen molar-refractivity contribution >= 4 is 5.78 Å². The van der Waals surface area contributed by atoms with Crippen LogP contribution in [0.4, 0.5) is 0 Å². The van der Waals surface area contributed by atoms with Crippen molar-refractivity contribution in [1.82, 2.24) is 4.90 Å². The molecule has 4 unspecified atom stereocenters. The van der Waals surface area contributed by atoms with Crippen molar-refractivity contribution in [3.05, 3.63) is 71.8 Å². The van der Waals surface area contributed by atoms with Crippen molar-refractivity contribution < 1.29 is 4.79 Å². The van der Waals surface area contributed by atoms with Gasteiger partial charge in [-0.05, 0) is 23.5 Å². The van der Waals surface area contributed by atoms with Gasteiger partial charge in [-0.3, -0.25) is 9.69 Å². The molecule has 2 bridgehead atoms. The second-order valence-corrected chi connectivity index (χ2v) is 6.20. The molecule has 4 atom stereocenters. The lowest BCUT2D eigenvalue weighted by molar-refractivity contribution is -0.120. The minimum atomic E-state index is 0.159. The molecule has 2 aromatic carbocycles. The molecular formula is C19H19NO. The maximum atomic E-state index is 12.4. The molecule has 2 aromatic rings. The molecular weight excluding hydrogens is 258 g/mol. The molecule has 0 amide bonds. The van der Waals surface area contributed by atoms with E-state index in [-0.39, 0.29) is 5.92 Å². The highest BCUT2D eigenvalue weighted by molar-refractivity contribution is 5.86. The number of benzene rings is 2. The Hall–Kier alpha value is -1.93. The zero-order valence-electron chi connectivity index (χ0n) is 12.0. The Kier molecular flexibility index (Phi) is 3.12. The summed E-state index contributed by atoms with van der Waals surface area (Å²) in [6, 6.07) is 21.4. The quantitative estimate of drug-likeness (QED) is 0.838. The number of ketones is 1. The number of hydrogen-bond acceptors (Lipinski definition) is 2. The number of carbonyl (C=O) groups is 1. The van der Waals surface area contributed by atoms with Crippen LogP contribution in [0.1, 0.15) is 29.5 Å². The van der Waals surface area contributed by atoms with E-state index in [4.69, 9.17) is 0 Å². The number of nitrogens with zero attached hydrogens (tertiary/aromatic N) is 1. The zero-order valence-corrected chi connectivity index (χ0v) is 12.0. The standard InChI is InChI=1S/C19H19NO/c21-18-13-20-12-16(14-7-3-1-4-8-14)11-17(18)19(20)15-9-5-2-6-10-15/h1-10,16-17,19H,11-13H2. The molecule has 2 aliphatic heterocycles. The van der Waals surface area contributed by atoms with E-state index in [2.05, 4.69) is 59.5 Å². The zero-order chi connectivity index (χ0) is 14.2. The third-order valence-corrected chi connectivity index (χ3v) is 4.95. The second kappa shape index (κ2) is 5.12. The molecule has 4 rings (SSSR count). The molecule has 0 spiro atoms. The van der Waals surface area contributed by atoms with Crippen molar-refractivity contribution in [2.75, 3.05) is 13.1 Å². The van der Waals surface area contributed by atoms with E-state index < -0.39 is 0 Å². The maximum Gasteiger partial charge on any atom is 0.151 e. The molecule has 0 saturated carbocycles. The lowest BCUT2D eigenvalue weighted by atomic mass is 9.79. The van der Waals surface area contributed by atoms with Crippen molar-refractivity contribution in [1.29, 1.82) is 0 Å². The predicted molar refractivity (Wildman–Crippen MR) is 83.1 cm³/mol. The molecule has 0 aromatic heterocycles. The van der Waals surface area contributed by atoms with Crippen molar-refractivity contribution in [2.45, 2.75) is 18.4 Å². The smallest absolute Gasteiger partial charge is 0.151 e. The van der Waals surface area contributed by atoms with Crippen LogP contribution in [0.3, 0.4) is 0 Å². The van der Waals surface area contributed by atoms with Gasteiger partial charge in [0, 0.05) is 18.5 Å². The number of rotatable bonds is 2. The summed E-state index contributed by atoms with van der Waals surface area (Å²) in [4.78, 5) is 14.8. The Morgan fingerprint density at radius 1 is 0.857 bits per heavy atom. The van der Waals surface area contributed by atoms with Gasteiger partial charge in [0.25, 0.3) is 0 Å². The highest BCUT2D eigenvalue weighted by Gasteiger charge is 2.46. The van der Waals surface area contributed by atoms with E-state index >= 15 is 0 Å². The van der Waals surface area contributed by atoms with E-state index in [1.54, 1.807) is 0 Å². The van der Waals surface area contributed by atoms with Gasteiger partial charge in [0.2, 0.25) is 0 Å². The van der Waals surface area contributed by atoms with Gasteiger partial charge < -0.3 is 0 Å². The Labute approximate surface area is 125 Å². The second-order valence-electron chi connectivity index (χ2n) is 6.20. The first-order chi connectivity index (χ1) is 10.3. The van der Waals surface area contributed by atoms with Crippen LogP contribution in [0.25, 0.3) is 0 Å². The molecule has 106 valence electrons. The maximum absolute atomic E-state index is 12.4. The first-order valence-electron chi connectivity index (χ1n) is 7.69. The van der Waals surface area contributed by atoms with Gasteiger partial charge in [0.15, 0.2) is 5.78 Å². The average Bonchev–Trinajstić information content (AvgIpc) is 2.74. The first-order valence-corrected chi connectivity index (χ1v) is 7.69. The number of fused-ring (bicyclic) bond motifs is 2. The number of Topliss-reactive ketones (excluding diaryl/α,β-unsaturated/α-hetero) is 1. The van der Waals surface area contributed by atoms with Crippen LogP contribution in [-0.2, 0) is 4.79 Å². The van der Waals surface area contributed by atoms with Gasteiger partial charge in [-0.2, -0.15) is 0 Å². The fourth-order valence-electron chi connectivity index (χ4n) is 4.01. The molecule has 0 radical (unpaired) electrons. The van der Waals surface area contributed by atoms with Crippen molar-refractivity contribution in [2.24, 2.45) is 5.92 Å². The molecule has 2 heteroatoms. The summed E-state index contributed by atoms with van der Waals surface area (Å²) < 4.78 is 0. The van der Waals surface area contributed by atoms with Gasteiger partial charge >= 0.3 is 0 Å². The summed E-state index contributed by atoms with van der Waals surface area (Å²) in [7, 11) is 0. The summed E-state index contributed by atoms with van der Waals surface area (Å²) in [6.07, 6.45) is 0.985. The summed E-state index contributed by atoms with van der Waals surface area (Å²) in [5.41, 5.74) is 2.66. The molecule has 0 N–H and O–H groups in total. The Morgan fingerprint density at radius 3 is 2.10 bits per heavy atom. The fourth-order valence-corrected chi connectivity index (χ4v) is 4.01. The SMILES string of the molecule is O=C1CN2CC(c3ccccc3)CC1C2c1ccccc1. The molecule has 2 heterocycles. The molecule has 0 aliphatic carbocycles. The van der Waals surface area contributed by atoms with Crippen LogP contribution >= 0.6 is 0 Å². The van der Waals surface area contributed by atoms with Gasteiger partial charge in [0.05, 0.1) is 6.54 Å². The van der Waals surface area contributed by atoms with E-state index in [1.807, 2.05) is 6.07 Å². The van der Waals surface area contributed by atoms with Gasteiger partial charge in [0.1, 0.15) is 0 Å². The number of hydrogen-bond donors (Lipinski definition) is 0. The predicted octanol–water partition coefficient (Wildman–Crippen LogP) is 3.42. The summed E-state index contributed by atoms with van der Waals surface area (Å²) in [5.74, 6) is 1.07. The Balaban J connectivity index is 1.64. The molecule has 2 fully saturated rings. The van der Waals surface area contributed by atoms with Crippen LogP contribution in [0.15, 0.2) is 60.7 Å². The third kappa shape index (κ3) is 2.20. The molecule has 2 saturated heterocycles. The summed E-state index contributed by atoms with van der Waals surface area (Å²) >= 11 is 0. The summed E-state index contributed by atoms with van der Waals surface area (Å²) in [6.45, 7) is 1.61. The highest BCUT2D eigenvalue weighted by Crippen LogP contribution is 2.46. The Morgan fingerprint density at radius 2 is 1.48 bits per heavy atom. The van der Waals surface area contributed by atoms with Gasteiger partial charge in [-0.15, -0.1) is 0 Å². The van der Waals surface area contributed by atoms with E-state index in [1.165, 1.54) is 11.1 Å². The van der Waals surface area contributed by atoms with Crippen LogP contribution < -0.4 is 0 Å². The fraction of sp³-hybridized carbons (Fsp3) is 0.316. The minimum absolute atomic E-state index is 0.159. The lowest BCUT2D eigenvalue weighted by Crippen LogP contribution is -2.35. The van der Waals surface area contributed by atoms with Gasteiger partial charge in [-0.1, -0.05) is 60.7 Å². The van der Waals surface area contributed by atoms with Crippen LogP contribution in [0.5, 0.6) is 0 Å². The first kappa shape index (κ1) is 12.8. The normalized spacial score (nSPS) is 31.3. The van der Waals surface area contributed by atoms with Crippen molar-refractivity contribution in [3.8, 4) is 0 Å². The third-order valence-electron chi connectivity index (χ3n) is 4.95. The van der Waals surface area contributed by atoms with E-state index in [0.717, 1.165) is 13.0 Å². The lowest BCUT2D eigenvalue weighted by Gasteiger charge is -2.37. The monoisotopic (exact) mass is 277 g/mol. The molecule has 21 heavy (non-hydrogen) atoms. The Bertz CT molecular complexity index is 637. The van der Waals surface area contributed by atoms with Crippen LogP contribution in [-0.4, -0.2) is 23.8 Å². The largest absolute Gasteiger partial charge is 0.298 e. The number of piperidine rings is 1. The number of carbonyl (C=O) groups excluding carboxylic acids is 1. The topological polar surface area (TPSA) is 20.3 Å². The van der Waals surface area contributed by atoms with Crippen molar-refractivity contribution in [3.63, 3.8) is 0 Å². The van der Waals surface area contributed by atoms with E-state index in [0.29, 0.717) is 24.3 Å². The van der Waals surface area contributed by atoms with Crippen LogP contribution in [0, 0.1) is 5.92 Å².